The first kappa shape index (κ1) is 9.89. The van der Waals surface area contributed by atoms with E-state index in [9.17, 15) is 4.79 Å². The zero-order chi connectivity index (χ0) is 10.8. The first-order valence-corrected chi connectivity index (χ1v) is 5.11. The maximum Gasteiger partial charge on any atom is 0.264 e. The predicted molar refractivity (Wildman–Crippen MR) is 57.7 cm³/mol. The molecule has 0 fully saturated rings. The highest BCUT2D eigenvalue weighted by atomic mass is 16.1. The summed E-state index contributed by atoms with van der Waals surface area (Å²) in [5.74, 6) is 0. The molecule has 0 aliphatic carbocycles. The van der Waals surface area contributed by atoms with Gasteiger partial charge in [-0.3, -0.25) is 14.0 Å². The first-order valence-electron chi connectivity index (χ1n) is 5.11. The number of aryl methyl sites for hydroxylation is 2. The molecule has 0 saturated heterocycles. The Morgan fingerprint density at radius 2 is 2.27 bits per heavy atom. The van der Waals surface area contributed by atoms with Crippen molar-refractivity contribution in [3.05, 3.63) is 22.9 Å². The molecule has 2 aromatic heterocycles. The number of rotatable bonds is 3. The Balaban J connectivity index is 2.51. The number of aromatic nitrogens is 4. The maximum absolute atomic E-state index is 11.9. The number of fused-ring (bicyclic) bond motifs is 1. The molecule has 0 amide bonds. The van der Waals surface area contributed by atoms with Gasteiger partial charge in [0.2, 0.25) is 0 Å². The minimum Gasteiger partial charge on any atom is -0.299 e. The van der Waals surface area contributed by atoms with Crippen molar-refractivity contribution in [1.82, 2.24) is 19.3 Å². The minimum absolute atomic E-state index is 0.00144. The average Bonchev–Trinajstić information content (AvgIpc) is 2.61. The number of unbranched alkanes of at least 4 members (excludes halogenated alkanes) is 1. The van der Waals surface area contributed by atoms with Gasteiger partial charge in [0.25, 0.3) is 5.56 Å². The quantitative estimate of drug-likeness (QED) is 0.750. The van der Waals surface area contributed by atoms with Crippen LogP contribution >= 0.6 is 0 Å². The highest BCUT2D eigenvalue weighted by molar-refractivity contribution is 5.72. The van der Waals surface area contributed by atoms with Crippen molar-refractivity contribution in [3.8, 4) is 0 Å². The Kier molecular flexibility index (Phi) is 2.53. The van der Waals surface area contributed by atoms with Gasteiger partial charge in [0.15, 0.2) is 5.65 Å². The molecule has 80 valence electrons. The van der Waals surface area contributed by atoms with Crippen molar-refractivity contribution >= 4 is 11.0 Å². The summed E-state index contributed by atoms with van der Waals surface area (Å²) in [4.78, 5) is 16.1. The summed E-state index contributed by atoms with van der Waals surface area (Å²) in [5.41, 5.74) is 0.647. The molecule has 0 atom stereocenters. The van der Waals surface area contributed by atoms with Gasteiger partial charge in [0.1, 0.15) is 5.39 Å². The summed E-state index contributed by atoms with van der Waals surface area (Å²) in [6.07, 6.45) is 5.24. The van der Waals surface area contributed by atoms with Crippen LogP contribution in [0, 0.1) is 0 Å². The molecule has 2 rings (SSSR count). The third-order valence-electron chi connectivity index (χ3n) is 2.47. The van der Waals surface area contributed by atoms with E-state index in [0.717, 1.165) is 19.4 Å². The standard InChI is InChI=1S/C10H14N4O/c1-3-4-5-14-7-11-9-8(10(14)15)6-12-13(9)2/h6-7H,3-5H2,1-2H3. The molecule has 0 aliphatic rings. The van der Waals surface area contributed by atoms with E-state index in [1.807, 2.05) is 0 Å². The molecule has 0 unspecified atom stereocenters. The molecule has 0 bridgehead atoms. The van der Waals surface area contributed by atoms with Gasteiger partial charge in [-0.2, -0.15) is 5.10 Å². The van der Waals surface area contributed by atoms with Crippen LogP contribution in [0.25, 0.3) is 11.0 Å². The fourth-order valence-electron chi connectivity index (χ4n) is 1.55. The molecule has 0 saturated carbocycles. The topological polar surface area (TPSA) is 52.7 Å². The van der Waals surface area contributed by atoms with Crippen molar-refractivity contribution in [1.29, 1.82) is 0 Å². The van der Waals surface area contributed by atoms with Crippen LogP contribution in [0.15, 0.2) is 17.3 Å². The van der Waals surface area contributed by atoms with E-state index in [2.05, 4.69) is 17.0 Å². The Morgan fingerprint density at radius 3 is 3.00 bits per heavy atom. The van der Waals surface area contributed by atoms with E-state index in [-0.39, 0.29) is 5.56 Å². The van der Waals surface area contributed by atoms with Crippen LogP contribution in [0.3, 0.4) is 0 Å². The smallest absolute Gasteiger partial charge is 0.264 e. The second-order valence-electron chi connectivity index (χ2n) is 3.60. The number of hydrogen-bond acceptors (Lipinski definition) is 3. The third-order valence-corrected chi connectivity index (χ3v) is 2.47. The van der Waals surface area contributed by atoms with Crippen molar-refractivity contribution < 1.29 is 0 Å². The maximum atomic E-state index is 11.9. The van der Waals surface area contributed by atoms with Crippen molar-refractivity contribution in [2.24, 2.45) is 7.05 Å². The van der Waals surface area contributed by atoms with E-state index in [1.54, 1.807) is 28.8 Å². The molecule has 2 aromatic rings. The third kappa shape index (κ3) is 1.65. The van der Waals surface area contributed by atoms with E-state index >= 15 is 0 Å². The van der Waals surface area contributed by atoms with E-state index in [0.29, 0.717) is 11.0 Å². The second-order valence-corrected chi connectivity index (χ2v) is 3.60. The molecule has 0 radical (unpaired) electrons. The van der Waals surface area contributed by atoms with Gasteiger partial charge in [-0.1, -0.05) is 13.3 Å². The molecular formula is C10H14N4O. The van der Waals surface area contributed by atoms with Gasteiger partial charge in [0.05, 0.1) is 12.5 Å². The normalized spacial score (nSPS) is 11.1. The summed E-state index contributed by atoms with van der Waals surface area (Å²) >= 11 is 0. The molecule has 2 heterocycles. The van der Waals surface area contributed by atoms with Gasteiger partial charge in [0, 0.05) is 13.6 Å². The fourth-order valence-corrected chi connectivity index (χ4v) is 1.55. The lowest BCUT2D eigenvalue weighted by Gasteiger charge is -2.03. The van der Waals surface area contributed by atoms with Crippen LogP contribution < -0.4 is 5.56 Å². The van der Waals surface area contributed by atoms with Crippen molar-refractivity contribution in [2.45, 2.75) is 26.3 Å². The van der Waals surface area contributed by atoms with Gasteiger partial charge in [-0.15, -0.1) is 0 Å². The first-order chi connectivity index (χ1) is 7.24. The van der Waals surface area contributed by atoms with Gasteiger partial charge in [-0.05, 0) is 6.42 Å². The molecular weight excluding hydrogens is 192 g/mol. The largest absolute Gasteiger partial charge is 0.299 e. The lowest BCUT2D eigenvalue weighted by molar-refractivity contribution is 0.607. The van der Waals surface area contributed by atoms with E-state index < -0.39 is 0 Å². The summed E-state index contributed by atoms with van der Waals surface area (Å²) in [6, 6.07) is 0. The van der Waals surface area contributed by atoms with E-state index in [4.69, 9.17) is 0 Å². The SMILES string of the molecule is CCCCn1cnc2c(cnn2C)c1=O. The van der Waals surface area contributed by atoms with Gasteiger partial charge >= 0.3 is 0 Å². The molecule has 5 nitrogen and oxygen atoms in total. The molecule has 0 aromatic carbocycles. The van der Waals surface area contributed by atoms with Crippen molar-refractivity contribution in [3.63, 3.8) is 0 Å². The van der Waals surface area contributed by atoms with Crippen LogP contribution in [0.1, 0.15) is 19.8 Å². The predicted octanol–water partition coefficient (Wildman–Crippen LogP) is 0.930. The van der Waals surface area contributed by atoms with Crippen LogP contribution in [-0.2, 0) is 13.6 Å². The monoisotopic (exact) mass is 206 g/mol. The molecule has 15 heavy (non-hydrogen) atoms. The highest BCUT2D eigenvalue weighted by Gasteiger charge is 2.06. The lowest BCUT2D eigenvalue weighted by Crippen LogP contribution is -2.20. The van der Waals surface area contributed by atoms with Crippen LogP contribution in [0.5, 0.6) is 0 Å². The zero-order valence-electron chi connectivity index (χ0n) is 8.97. The minimum atomic E-state index is 0.00144. The Labute approximate surface area is 87.4 Å². The van der Waals surface area contributed by atoms with Crippen molar-refractivity contribution in [2.75, 3.05) is 0 Å². The lowest BCUT2D eigenvalue weighted by atomic mass is 10.3. The molecule has 0 N–H and O–H groups in total. The Morgan fingerprint density at radius 1 is 1.47 bits per heavy atom. The van der Waals surface area contributed by atoms with Crippen LogP contribution in [0.4, 0.5) is 0 Å². The van der Waals surface area contributed by atoms with Crippen LogP contribution in [-0.4, -0.2) is 19.3 Å². The summed E-state index contributed by atoms with van der Waals surface area (Å²) in [7, 11) is 1.78. The summed E-state index contributed by atoms with van der Waals surface area (Å²) < 4.78 is 3.26. The molecule has 5 heteroatoms. The zero-order valence-corrected chi connectivity index (χ0v) is 8.97. The van der Waals surface area contributed by atoms with Gasteiger partial charge < -0.3 is 0 Å². The number of nitrogens with zero attached hydrogens (tertiary/aromatic N) is 4. The second kappa shape index (κ2) is 3.84. The van der Waals surface area contributed by atoms with Gasteiger partial charge in [-0.25, -0.2) is 4.98 Å². The highest BCUT2D eigenvalue weighted by Crippen LogP contribution is 2.03. The summed E-state index contributed by atoms with van der Waals surface area (Å²) in [5, 5.41) is 4.61. The Bertz CT molecular complexity index is 526. The van der Waals surface area contributed by atoms with E-state index in [1.165, 1.54) is 0 Å². The molecule has 0 spiro atoms. The number of hydrogen-bond donors (Lipinski definition) is 0. The van der Waals surface area contributed by atoms with Crippen LogP contribution in [0.2, 0.25) is 0 Å². The summed E-state index contributed by atoms with van der Waals surface area (Å²) in [6.45, 7) is 2.83. The Hall–Kier alpha value is -1.65. The average molecular weight is 206 g/mol. The fraction of sp³-hybridized carbons (Fsp3) is 0.500. The molecule has 0 aliphatic heterocycles.